The van der Waals surface area contributed by atoms with Crippen LogP contribution in [0.25, 0.3) is 0 Å². The third-order valence-electron chi connectivity index (χ3n) is 2.41. The number of rotatable bonds is 4. The number of aliphatic hydroxyl groups is 2. The number of carbonyl (C=O) groups is 1. The van der Waals surface area contributed by atoms with Gasteiger partial charge in [-0.25, -0.2) is 0 Å². The first-order chi connectivity index (χ1) is 7.90. The van der Waals surface area contributed by atoms with Crippen molar-refractivity contribution in [1.29, 1.82) is 0 Å². The summed E-state index contributed by atoms with van der Waals surface area (Å²) in [5.41, 5.74) is 2.79. The molecule has 2 N–H and O–H groups in total. The summed E-state index contributed by atoms with van der Waals surface area (Å²) in [5, 5.41) is 19.7. The SMILES string of the molecule is CC(=O)SCC(O)C(O)c1cc(C)cc(C)c1. The molecule has 0 fully saturated rings. The average molecular weight is 254 g/mol. The van der Waals surface area contributed by atoms with Crippen molar-refractivity contribution in [3.63, 3.8) is 0 Å². The molecular formula is C13H18O3S. The van der Waals surface area contributed by atoms with Gasteiger partial charge >= 0.3 is 0 Å². The molecule has 1 aromatic rings. The van der Waals surface area contributed by atoms with Gasteiger partial charge in [-0.2, -0.15) is 0 Å². The first-order valence-electron chi connectivity index (χ1n) is 5.48. The lowest BCUT2D eigenvalue weighted by molar-refractivity contribution is -0.109. The minimum absolute atomic E-state index is 0.0586. The highest BCUT2D eigenvalue weighted by Crippen LogP contribution is 2.22. The van der Waals surface area contributed by atoms with E-state index in [0.29, 0.717) is 5.56 Å². The molecule has 0 aromatic heterocycles. The van der Waals surface area contributed by atoms with Crippen LogP contribution in [0.1, 0.15) is 29.7 Å². The molecule has 0 saturated carbocycles. The number of hydrogen-bond acceptors (Lipinski definition) is 4. The third kappa shape index (κ3) is 4.50. The summed E-state index contributed by atoms with van der Waals surface area (Å²) in [4.78, 5) is 10.8. The van der Waals surface area contributed by atoms with E-state index in [1.807, 2.05) is 32.0 Å². The summed E-state index contributed by atoms with van der Waals surface area (Å²) in [5.74, 6) is 0.212. The molecule has 1 rings (SSSR count). The maximum atomic E-state index is 10.8. The van der Waals surface area contributed by atoms with E-state index in [4.69, 9.17) is 0 Å². The molecule has 0 aliphatic heterocycles. The lowest BCUT2D eigenvalue weighted by Crippen LogP contribution is -2.21. The van der Waals surface area contributed by atoms with E-state index in [9.17, 15) is 15.0 Å². The van der Waals surface area contributed by atoms with Crippen molar-refractivity contribution < 1.29 is 15.0 Å². The van der Waals surface area contributed by atoms with E-state index in [0.717, 1.165) is 22.9 Å². The first-order valence-corrected chi connectivity index (χ1v) is 6.46. The highest BCUT2D eigenvalue weighted by molar-refractivity contribution is 8.13. The van der Waals surface area contributed by atoms with Crippen molar-refractivity contribution in [2.24, 2.45) is 0 Å². The Morgan fingerprint density at radius 3 is 2.24 bits per heavy atom. The van der Waals surface area contributed by atoms with Gasteiger partial charge in [-0.15, -0.1) is 0 Å². The maximum absolute atomic E-state index is 10.8. The Balaban J connectivity index is 2.73. The standard InChI is InChI=1S/C13H18O3S/c1-8-4-9(2)6-11(5-8)13(16)12(15)7-17-10(3)14/h4-6,12-13,15-16H,7H2,1-3H3. The van der Waals surface area contributed by atoms with E-state index < -0.39 is 12.2 Å². The van der Waals surface area contributed by atoms with Gasteiger partial charge in [0.1, 0.15) is 6.10 Å². The second-order valence-corrected chi connectivity index (χ2v) is 5.43. The Morgan fingerprint density at radius 2 is 1.76 bits per heavy atom. The van der Waals surface area contributed by atoms with Crippen LogP contribution in [0.5, 0.6) is 0 Å². The summed E-state index contributed by atoms with van der Waals surface area (Å²) in [6.45, 7) is 5.33. The molecule has 0 radical (unpaired) electrons. The third-order valence-corrected chi connectivity index (χ3v) is 3.32. The number of thioether (sulfide) groups is 1. The van der Waals surface area contributed by atoms with Crippen LogP contribution in [0.2, 0.25) is 0 Å². The second kappa shape index (κ2) is 6.19. The number of aryl methyl sites for hydroxylation is 2. The number of aliphatic hydroxyl groups excluding tert-OH is 2. The van der Waals surface area contributed by atoms with Crippen LogP contribution in [0.3, 0.4) is 0 Å². The highest BCUT2D eigenvalue weighted by Gasteiger charge is 2.19. The fourth-order valence-electron chi connectivity index (χ4n) is 1.70. The quantitative estimate of drug-likeness (QED) is 0.862. The molecule has 0 aliphatic carbocycles. The van der Waals surface area contributed by atoms with Crippen LogP contribution in [0.15, 0.2) is 18.2 Å². The van der Waals surface area contributed by atoms with Gasteiger partial charge in [-0.3, -0.25) is 4.79 Å². The van der Waals surface area contributed by atoms with Crippen LogP contribution in [0.4, 0.5) is 0 Å². The van der Waals surface area contributed by atoms with Crippen molar-refractivity contribution in [3.8, 4) is 0 Å². The van der Waals surface area contributed by atoms with Crippen molar-refractivity contribution >= 4 is 16.9 Å². The summed E-state index contributed by atoms with van der Waals surface area (Å²) in [6.07, 6.45) is -1.87. The molecule has 17 heavy (non-hydrogen) atoms. The fourth-order valence-corrected chi connectivity index (χ4v) is 2.28. The van der Waals surface area contributed by atoms with Gasteiger partial charge in [0, 0.05) is 12.7 Å². The molecule has 3 nitrogen and oxygen atoms in total. The van der Waals surface area contributed by atoms with Gasteiger partial charge < -0.3 is 10.2 Å². The summed E-state index contributed by atoms with van der Waals surface area (Å²) in [7, 11) is 0. The number of hydrogen-bond donors (Lipinski definition) is 2. The van der Waals surface area contributed by atoms with Crippen LogP contribution in [-0.4, -0.2) is 27.2 Å². The molecule has 2 atom stereocenters. The van der Waals surface area contributed by atoms with Crippen LogP contribution < -0.4 is 0 Å². The molecule has 0 heterocycles. The zero-order valence-corrected chi connectivity index (χ0v) is 11.1. The molecule has 0 bridgehead atoms. The van der Waals surface area contributed by atoms with Gasteiger partial charge in [0.2, 0.25) is 0 Å². The van der Waals surface area contributed by atoms with E-state index in [1.54, 1.807) is 0 Å². The molecule has 2 unspecified atom stereocenters. The highest BCUT2D eigenvalue weighted by atomic mass is 32.2. The molecule has 1 aromatic carbocycles. The minimum atomic E-state index is -0.944. The van der Waals surface area contributed by atoms with Gasteiger partial charge in [-0.1, -0.05) is 41.1 Å². The Labute approximate surface area is 106 Å². The van der Waals surface area contributed by atoms with Gasteiger partial charge in [0.25, 0.3) is 0 Å². The topological polar surface area (TPSA) is 57.5 Å². The number of benzene rings is 1. The lowest BCUT2D eigenvalue weighted by atomic mass is 10.0. The Morgan fingerprint density at radius 1 is 1.24 bits per heavy atom. The molecule has 0 amide bonds. The minimum Gasteiger partial charge on any atom is -0.389 e. The molecule has 4 heteroatoms. The number of carbonyl (C=O) groups excluding carboxylic acids is 1. The second-order valence-electron chi connectivity index (χ2n) is 4.24. The van der Waals surface area contributed by atoms with Gasteiger partial charge in [0.05, 0.1) is 6.10 Å². The smallest absolute Gasteiger partial charge is 0.185 e. The van der Waals surface area contributed by atoms with Crippen LogP contribution in [0, 0.1) is 13.8 Å². The van der Waals surface area contributed by atoms with Crippen molar-refractivity contribution in [2.75, 3.05) is 5.75 Å². The molecule has 0 saturated heterocycles. The van der Waals surface area contributed by atoms with Crippen molar-refractivity contribution in [3.05, 3.63) is 34.9 Å². The average Bonchev–Trinajstić information content (AvgIpc) is 2.23. The Bertz CT molecular complexity index is 383. The van der Waals surface area contributed by atoms with Crippen molar-refractivity contribution in [1.82, 2.24) is 0 Å². The van der Waals surface area contributed by atoms with E-state index in [2.05, 4.69) is 0 Å². The molecule has 0 aliphatic rings. The summed E-state index contributed by atoms with van der Waals surface area (Å²) < 4.78 is 0. The normalized spacial score (nSPS) is 14.4. The lowest BCUT2D eigenvalue weighted by Gasteiger charge is -2.18. The zero-order valence-electron chi connectivity index (χ0n) is 10.3. The predicted molar refractivity (Wildman–Crippen MR) is 70.0 cm³/mol. The zero-order chi connectivity index (χ0) is 13.0. The maximum Gasteiger partial charge on any atom is 0.185 e. The fraction of sp³-hybridized carbons (Fsp3) is 0.462. The van der Waals surface area contributed by atoms with Crippen molar-refractivity contribution in [2.45, 2.75) is 33.0 Å². The predicted octanol–water partition coefficient (Wildman–Crippen LogP) is 1.98. The monoisotopic (exact) mass is 254 g/mol. The van der Waals surface area contributed by atoms with E-state index >= 15 is 0 Å². The largest absolute Gasteiger partial charge is 0.389 e. The van der Waals surface area contributed by atoms with E-state index in [-0.39, 0.29) is 10.9 Å². The van der Waals surface area contributed by atoms with Crippen LogP contribution in [-0.2, 0) is 4.79 Å². The Hall–Kier alpha value is -0.840. The molecule has 0 spiro atoms. The van der Waals surface area contributed by atoms with Crippen LogP contribution >= 0.6 is 11.8 Å². The summed E-state index contributed by atoms with van der Waals surface area (Å²) in [6, 6.07) is 5.70. The van der Waals surface area contributed by atoms with E-state index in [1.165, 1.54) is 6.92 Å². The Kier molecular flexibility index (Phi) is 5.18. The van der Waals surface area contributed by atoms with Gasteiger partial charge in [0.15, 0.2) is 5.12 Å². The first kappa shape index (κ1) is 14.2. The van der Waals surface area contributed by atoms with Gasteiger partial charge in [-0.05, 0) is 19.4 Å². The molecule has 94 valence electrons. The summed E-state index contributed by atoms with van der Waals surface area (Å²) >= 11 is 1.02. The molecular weight excluding hydrogens is 236 g/mol.